The topological polar surface area (TPSA) is 134 Å². The number of hydrogen-bond donors (Lipinski definition) is 5. The van der Waals surface area contributed by atoms with Gasteiger partial charge in [-0.2, -0.15) is 0 Å². The Morgan fingerprint density at radius 2 is 1.80 bits per heavy atom. The largest absolute Gasteiger partial charge is 0.480 e. The first-order chi connectivity index (χ1) is 16.8. The lowest BCUT2D eigenvalue weighted by Gasteiger charge is -2.13. The Morgan fingerprint density at radius 3 is 2.29 bits per heavy atom. The number of aliphatic carboxylic acids is 1. The lowest BCUT2D eigenvalue weighted by atomic mass is 10.1. The molecule has 0 spiro atoms. The Bertz CT molecular complexity index is 929. The number of carbonyl (C=O) groups excluding carboxylic acids is 1. The van der Waals surface area contributed by atoms with E-state index in [-0.39, 0.29) is 5.82 Å². The number of benzene rings is 2. The highest BCUT2D eigenvalue weighted by Gasteiger charge is 2.22. The molecule has 3 rings (SSSR count). The zero-order valence-corrected chi connectivity index (χ0v) is 20.1. The molecule has 0 radical (unpaired) electrons. The average molecular weight is 486 g/mol. The molecule has 35 heavy (non-hydrogen) atoms. The predicted molar refractivity (Wildman–Crippen MR) is 138 cm³/mol. The molecule has 0 atom stereocenters. The minimum atomic E-state index is -1.10. The third kappa shape index (κ3) is 13.0. The summed E-state index contributed by atoms with van der Waals surface area (Å²) in [7, 11) is 0. The Morgan fingerprint density at radius 1 is 1.17 bits per heavy atom. The quantitative estimate of drug-likeness (QED) is 0.151. The van der Waals surface area contributed by atoms with Crippen molar-refractivity contribution in [2.75, 3.05) is 24.6 Å². The van der Waals surface area contributed by atoms with E-state index >= 15 is 0 Å². The molecular formula is C26H36FN5O3. The van der Waals surface area contributed by atoms with Crippen LogP contribution in [0, 0.1) is 5.82 Å². The molecule has 1 amide bonds. The number of carbonyl (C=O) groups is 2. The standard InChI is InChI=1S/C11H14N4O3.C9H9F.C6H13N/c12-5-6-15(13)9-3-1-8(2-4-9)11(18)14-7-10(16)17;10-9-5-3-8(4-6-9)7-1-2-7;1-3-5-7-6-4-2/h1-6H,7,12-13H2,(H,14,18)(H,16,17);3-7H,1-2H2;3,7H,1,4-6H2,2H3/b6-5-;;. The fourth-order valence-corrected chi connectivity index (χ4v) is 2.75. The molecule has 2 aromatic carbocycles. The first-order valence-corrected chi connectivity index (χ1v) is 11.4. The van der Waals surface area contributed by atoms with Gasteiger partial charge in [-0.1, -0.05) is 25.1 Å². The number of carboxylic acid groups (broad SMARTS) is 1. The van der Waals surface area contributed by atoms with Crippen molar-refractivity contribution >= 4 is 17.6 Å². The highest BCUT2D eigenvalue weighted by atomic mass is 19.1. The first kappa shape index (κ1) is 29.3. The van der Waals surface area contributed by atoms with Crippen LogP contribution < -0.4 is 27.2 Å². The van der Waals surface area contributed by atoms with Crippen LogP contribution in [0.4, 0.5) is 10.1 Å². The van der Waals surface area contributed by atoms with Crippen LogP contribution in [0.5, 0.6) is 0 Å². The van der Waals surface area contributed by atoms with Crippen LogP contribution in [0.3, 0.4) is 0 Å². The third-order valence-corrected chi connectivity index (χ3v) is 4.71. The van der Waals surface area contributed by atoms with Crippen LogP contribution in [0.2, 0.25) is 0 Å². The maximum Gasteiger partial charge on any atom is 0.322 e. The molecule has 0 heterocycles. The SMILES string of the molecule is C=CCNCCC.Fc1ccc(C2CC2)cc1.N/C=C\N(N)c1ccc(C(=O)NCC(=O)O)cc1. The number of rotatable bonds is 10. The van der Waals surface area contributed by atoms with Gasteiger partial charge >= 0.3 is 5.97 Å². The van der Waals surface area contributed by atoms with Crippen LogP contribution in [0.25, 0.3) is 0 Å². The number of halogens is 1. The summed E-state index contributed by atoms with van der Waals surface area (Å²) in [4.78, 5) is 21.8. The Balaban J connectivity index is 0.000000300. The number of carboxylic acids is 1. The van der Waals surface area contributed by atoms with Crippen LogP contribution in [0.15, 0.2) is 73.6 Å². The molecule has 0 bridgehead atoms. The van der Waals surface area contributed by atoms with Crippen molar-refractivity contribution in [1.29, 1.82) is 0 Å². The number of anilines is 1. The lowest BCUT2D eigenvalue weighted by molar-refractivity contribution is -0.135. The fraction of sp³-hybridized carbons (Fsp3) is 0.308. The van der Waals surface area contributed by atoms with Gasteiger partial charge in [-0.25, -0.2) is 10.2 Å². The molecule has 0 saturated heterocycles. The van der Waals surface area contributed by atoms with E-state index in [1.807, 2.05) is 18.2 Å². The van der Waals surface area contributed by atoms with Gasteiger partial charge in [-0.05, 0) is 73.7 Å². The van der Waals surface area contributed by atoms with E-state index in [4.69, 9.17) is 16.7 Å². The Labute approximate surface area is 206 Å². The van der Waals surface area contributed by atoms with Crippen molar-refractivity contribution in [1.82, 2.24) is 10.6 Å². The molecule has 1 saturated carbocycles. The van der Waals surface area contributed by atoms with E-state index < -0.39 is 18.4 Å². The van der Waals surface area contributed by atoms with Gasteiger partial charge in [0.25, 0.3) is 5.91 Å². The van der Waals surface area contributed by atoms with Gasteiger partial charge in [-0.15, -0.1) is 6.58 Å². The van der Waals surface area contributed by atoms with Gasteiger partial charge in [-0.3, -0.25) is 14.6 Å². The normalized spacial score (nSPS) is 12.0. The van der Waals surface area contributed by atoms with Gasteiger partial charge in [0.2, 0.25) is 0 Å². The predicted octanol–water partition coefficient (Wildman–Crippen LogP) is 3.49. The van der Waals surface area contributed by atoms with Crippen LogP contribution >= 0.6 is 0 Å². The molecule has 0 aliphatic heterocycles. The molecule has 0 aromatic heterocycles. The zero-order chi connectivity index (χ0) is 26.1. The summed E-state index contributed by atoms with van der Waals surface area (Å²) in [6.07, 6.45) is 8.38. The van der Waals surface area contributed by atoms with Crippen LogP contribution in [-0.2, 0) is 4.79 Å². The Kier molecular flexibility index (Phi) is 14.1. The highest BCUT2D eigenvalue weighted by Crippen LogP contribution is 2.39. The fourth-order valence-electron chi connectivity index (χ4n) is 2.75. The summed E-state index contributed by atoms with van der Waals surface area (Å²) >= 11 is 0. The van der Waals surface area contributed by atoms with Gasteiger partial charge in [0, 0.05) is 24.5 Å². The lowest BCUT2D eigenvalue weighted by Crippen LogP contribution is -2.29. The second kappa shape index (κ2) is 16.9. The molecule has 9 heteroatoms. The van der Waals surface area contributed by atoms with Crippen molar-refractivity contribution in [3.05, 3.63) is 90.5 Å². The van der Waals surface area contributed by atoms with E-state index in [0.717, 1.165) is 19.0 Å². The van der Waals surface area contributed by atoms with Gasteiger partial charge < -0.3 is 21.5 Å². The number of nitrogens with one attached hydrogen (secondary N) is 2. The zero-order valence-electron chi connectivity index (χ0n) is 20.1. The maximum atomic E-state index is 12.4. The van der Waals surface area contributed by atoms with Gasteiger partial charge in [0.15, 0.2) is 0 Å². The molecule has 2 aromatic rings. The van der Waals surface area contributed by atoms with Gasteiger partial charge in [0.1, 0.15) is 12.4 Å². The van der Waals surface area contributed by atoms with Gasteiger partial charge in [0.05, 0.1) is 5.69 Å². The molecule has 190 valence electrons. The highest BCUT2D eigenvalue weighted by molar-refractivity contribution is 5.96. The number of hydrazine groups is 1. The van der Waals surface area contributed by atoms with E-state index in [0.29, 0.717) is 11.3 Å². The second-order valence-corrected chi connectivity index (χ2v) is 7.69. The minimum absolute atomic E-state index is 0.135. The van der Waals surface area contributed by atoms with Crippen LogP contribution in [0.1, 0.15) is 48.0 Å². The monoisotopic (exact) mass is 485 g/mol. The number of hydrogen-bond acceptors (Lipinski definition) is 6. The van der Waals surface area contributed by atoms with Crippen LogP contribution in [-0.4, -0.2) is 36.6 Å². The molecule has 0 unspecified atom stereocenters. The van der Waals surface area contributed by atoms with E-state index in [1.165, 1.54) is 66.5 Å². The maximum absolute atomic E-state index is 12.4. The average Bonchev–Trinajstić information content (AvgIpc) is 3.70. The second-order valence-electron chi connectivity index (χ2n) is 7.69. The molecule has 7 N–H and O–H groups in total. The molecular weight excluding hydrogens is 449 g/mol. The summed E-state index contributed by atoms with van der Waals surface area (Å²) in [6.45, 7) is 7.34. The minimum Gasteiger partial charge on any atom is -0.480 e. The van der Waals surface area contributed by atoms with Crippen molar-refractivity contribution in [2.24, 2.45) is 11.6 Å². The number of nitrogens with two attached hydrogens (primary N) is 2. The first-order valence-electron chi connectivity index (χ1n) is 11.4. The summed E-state index contributed by atoms with van der Waals surface area (Å²) in [6, 6.07) is 13.2. The van der Waals surface area contributed by atoms with Crippen molar-refractivity contribution < 1.29 is 19.1 Å². The summed E-state index contributed by atoms with van der Waals surface area (Å²) in [5.41, 5.74) is 7.48. The molecule has 8 nitrogen and oxygen atoms in total. The van der Waals surface area contributed by atoms with E-state index in [2.05, 4.69) is 24.1 Å². The smallest absolute Gasteiger partial charge is 0.322 e. The Hall–Kier alpha value is -3.69. The number of amides is 1. The number of nitrogens with zero attached hydrogens (tertiary/aromatic N) is 1. The summed E-state index contributed by atoms with van der Waals surface area (Å²) < 4.78 is 12.4. The van der Waals surface area contributed by atoms with E-state index in [1.54, 1.807) is 12.1 Å². The third-order valence-electron chi connectivity index (χ3n) is 4.71. The van der Waals surface area contributed by atoms with Crippen molar-refractivity contribution in [3.63, 3.8) is 0 Å². The van der Waals surface area contributed by atoms with E-state index in [9.17, 15) is 14.0 Å². The summed E-state index contributed by atoms with van der Waals surface area (Å²) in [5, 5.41) is 15.1. The molecule has 1 aliphatic carbocycles. The van der Waals surface area contributed by atoms with Crippen molar-refractivity contribution in [2.45, 2.75) is 32.1 Å². The molecule has 1 aliphatic rings. The summed E-state index contributed by atoms with van der Waals surface area (Å²) in [5.74, 6) is 4.67. The molecule has 1 fully saturated rings. The van der Waals surface area contributed by atoms with Crippen molar-refractivity contribution in [3.8, 4) is 0 Å².